The Kier molecular flexibility index (Phi) is 15.8. The van der Waals surface area contributed by atoms with Crippen molar-refractivity contribution in [1.29, 1.82) is 0 Å². The van der Waals surface area contributed by atoms with Gasteiger partial charge in [-0.25, -0.2) is 4.79 Å². The van der Waals surface area contributed by atoms with Crippen LogP contribution in [0.25, 0.3) is 16.8 Å². The minimum absolute atomic E-state index is 0.117. The number of fused-ring (bicyclic) bond motifs is 3. The molecular formula is C44H52ClN7O8. The van der Waals surface area contributed by atoms with Crippen molar-refractivity contribution in [3.05, 3.63) is 84.0 Å². The number of urea groups is 1. The molecule has 0 aliphatic carbocycles. The standard InChI is InChI=1S/C44H52ClN7O8/c1-27(2)41(50-36(53)13-5-4-8-23-51-37(54)20-21-38(51)55)43(58)48-33(12-9-22-47-44(46)59)42(57)49-34-24-35-40(32-11-7-6-10-31(32)34)29(25-45)26-52(35)39(56)19-16-28-14-17-30(60-3)18-15-28/h6-7,10-11,14-21,24,27,29,33,41H,4-5,8-9,12-13,22-23,25-26H2,1-3H3,(H,48,58)(H,49,57)(H,50,53)(H3,46,47,59)/b19-16+/t29?,33-,41-/m0/s1. The molecule has 8 amide bonds. The second kappa shape index (κ2) is 21.2. The van der Waals surface area contributed by atoms with Crippen LogP contribution in [0.5, 0.6) is 5.75 Å². The fourth-order valence-electron chi connectivity index (χ4n) is 7.29. The molecule has 2 aliphatic rings. The van der Waals surface area contributed by atoms with E-state index in [-0.39, 0.29) is 73.7 Å². The number of benzene rings is 3. The molecule has 15 nitrogen and oxygen atoms in total. The van der Waals surface area contributed by atoms with Crippen LogP contribution >= 0.6 is 11.6 Å². The Hall–Kier alpha value is -6.22. The normalized spacial score (nSPS) is 15.7. The van der Waals surface area contributed by atoms with E-state index in [4.69, 9.17) is 22.1 Å². The molecule has 318 valence electrons. The van der Waals surface area contributed by atoms with Crippen molar-refractivity contribution in [1.82, 2.24) is 20.9 Å². The molecule has 0 saturated heterocycles. The third kappa shape index (κ3) is 11.5. The molecule has 2 aliphatic heterocycles. The van der Waals surface area contributed by atoms with Crippen LogP contribution in [0.3, 0.4) is 0 Å². The van der Waals surface area contributed by atoms with Crippen molar-refractivity contribution >= 4 is 81.3 Å². The lowest BCUT2D eigenvalue weighted by Crippen LogP contribution is -2.54. The van der Waals surface area contributed by atoms with E-state index >= 15 is 0 Å². The van der Waals surface area contributed by atoms with Gasteiger partial charge in [-0.1, -0.05) is 56.7 Å². The van der Waals surface area contributed by atoms with Crippen LogP contribution in [0.15, 0.2) is 72.8 Å². The Balaban J connectivity index is 1.31. The second-order valence-electron chi connectivity index (χ2n) is 15.1. The van der Waals surface area contributed by atoms with Crippen LogP contribution in [-0.2, 0) is 28.8 Å². The van der Waals surface area contributed by atoms with E-state index in [1.54, 1.807) is 50.1 Å². The monoisotopic (exact) mass is 841 g/mol. The lowest BCUT2D eigenvalue weighted by molar-refractivity contribution is -0.137. The van der Waals surface area contributed by atoms with Crippen LogP contribution in [0.1, 0.15) is 69.4 Å². The number of methoxy groups -OCH3 is 1. The minimum Gasteiger partial charge on any atom is -0.497 e. The van der Waals surface area contributed by atoms with Crippen LogP contribution < -0.4 is 36.6 Å². The minimum atomic E-state index is -1.09. The molecule has 3 aromatic rings. The van der Waals surface area contributed by atoms with Gasteiger partial charge < -0.3 is 36.6 Å². The highest BCUT2D eigenvalue weighted by atomic mass is 35.5. The first kappa shape index (κ1) is 44.9. The first-order valence-corrected chi connectivity index (χ1v) is 20.6. The Morgan fingerprint density at radius 1 is 0.917 bits per heavy atom. The first-order chi connectivity index (χ1) is 28.8. The van der Waals surface area contributed by atoms with Gasteiger partial charge in [-0.05, 0) is 72.4 Å². The predicted octanol–water partition coefficient (Wildman–Crippen LogP) is 4.73. The van der Waals surface area contributed by atoms with Crippen molar-refractivity contribution in [3.8, 4) is 5.75 Å². The average molecular weight is 842 g/mol. The molecule has 5 rings (SSSR count). The first-order valence-electron chi connectivity index (χ1n) is 20.0. The van der Waals surface area contributed by atoms with E-state index in [9.17, 15) is 33.6 Å². The largest absolute Gasteiger partial charge is 0.497 e. The third-order valence-corrected chi connectivity index (χ3v) is 10.8. The Morgan fingerprint density at radius 3 is 2.27 bits per heavy atom. The summed E-state index contributed by atoms with van der Waals surface area (Å²) >= 11 is 6.49. The number of halogens is 1. The lowest BCUT2D eigenvalue weighted by atomic mass is 9.94. The molecular weight excluding hydrogens is 790 g/mol. The van der Waals surface area contributed by atoms with Crippen LogP contribution in [0.2, 0.25) is 0 Å². The quantitative estimate of drug-likeness (QED) is 0.0464. The second-order valence-corrected chi connectivity index (χ2v) is 15.4. The van der Waals surface area contributed by atoms with Gasteiger partial charge in [0.25, 0.3) is 17.7 Å². The molecule has 16 heteroatoms. The van der Waals surface area contributed by atoms with Crippen LogP contribution in [0.4, 0.5) is 16.2 Å². The molecule has 0 radical (unpaired) electrons. The molecule has 0 aromatic heterocycles. The summed E-state index contributed by atoms with van der Waals surface area (Å²) in [6.45, 7) is 4.30. The van der Waals surface area contributed by atoms with Crippen molar-refractivity contribution < 1.29 is 38.3 Å². The number of carbonyl (C=O) groups is 7. The highest BCUT2D eigenvalue weighted by Gasteiger charge is 2.35. The van der Waals surface area contributed by atoms with Gasteiger partial charge in [0.2, 0.25) is 17.7 Å². The zero-order chi connectivity index (χ0) is 43.3. The summed E-state index contributed by atoms with van der Waals surface area (Å²) < 4.78 is 5.23. The number of imide groups is 1. The number of alkyl halides is 1. The SMILES string of the molecule is COc1ccc(/C=C/C(=O)N2CC(CCl)c3c2cc(NC(=O)[C@H](CCCNC(N)=O)NC(=O)[C@@H](NC(=O)CCCCCN2C(=O)C=CC2=O)C(C)C)c2ccccc32)cc1. The Morgan fingerprint density at radius 2 is 1.62 bits per heavy atom. The number of rotatable bonds is 20. The number of primary amides is 1. The van der Waals surface area contributed by atoms with E-state index in [2.05, 4.69) is 21.3 Å². The summed E-state index contributed by atoms with van der Waals surface area (Å²) in [4.78, 5) is 92.5. The summed E-state index contributed by atoms with van der Waals surface area (Å²) in [6, 6.07) is 13.7. The maximum absolute atomic E-state index is 14.2. The van der Waals surface area contributed by atoms with Gasteiger partial charge in [-0.2, -0.15) is 0 Å². The topological polar surface area (TPSA) is 209 Å². The number of unbranched alkanes of at least 4 members (excludes halogenated alkanes) is 2. The van der Waals surface area contributed by atoms with Gasteiger partial charge >= 0.3 is 6.03 Å². The number of nitrogens with zero attached hydrogens (tertiary/aromatic N) is 2. The average Bonchev–Trinajstić information content (AvgIpc) is 3.77. The summed E-state index contributed by atoms with van der Waals surface area (Å²) in [5.41, 5.74) is 7.97. The van der Waals surface area contributed by atoms with E-state index in [1.165, 1.54) is 18.2 Å². The van der Waals surface area contributed by atoms with Crippen molar-refractivity contribution in [2.45, 2.75) is 70.4 Å². The lowest BCUT2D eigenvalue weighted by Gasteiger charge is -2.26. The number of hydrogen-bond donors (Lipinski definition) is 5. The Bertz CT molecular complexity index is 2140. The number of carbonyl (C=O) groups excluding carboxylic acids is 7. The van der Waals surface area contributed by atoms with Gasteiger partial charge in [0.1, 0.15) is 17.8 Å². The van der Waals surface area contributed by atoms with Gasteiger partial charge in [-0.3, -0.25) is 33.7 Å². The Labute approximate surface area is 354 Å². The van der Waals surface area contributed by atoms with Crippen LogP contribution in [-0.4, -0.2) is 91.1 Å². The number of nitrogens with one attached hydrogen (secondary N) is 4. The smallest absolute Gasteiger partial charge is 0.312 e. The van der Waals surface area contributed by atoms with Gasteiger partial charge in [0.15, 0.2) is 0 Å². The van der Waals surface area contributed by atoms with Gasteiger partial charge in [-0.15, -0.1) is 11.6 Å². The molecule has 0 fully saturated rings. The zero-order valence-electron chi connectivity index (χ0n) is 34.0. The molecule has 0 bridgehead atoms. The van der Waals surface area contributed by atoms with Gasteiger partial charge in [0, 0.05) is 61.5 Å². The third-order valence-electron chi connectivity index (χ3n) is 10.5. The number of ether oxygens (including phenoxy) is 1. The molecule has 0 spiro atoms. The number of anilines is 2. The van der Waals surface area contributed by atoms with Crippen molar-refractivity contribution in [2.75, 3.05) is 42.8 Å². The predicted molar refractivity (Wildman–Crippen MR) is 230 cm³/mol. The van der Waals surface area contributed by atoms with E-state index < -0.39 is 29.9 Å². The summed E-state index contributed by atoms with van der Waals surface area (Å²) in [6.07, 6.45) is 7.78. The maximum atomic E-state index is 14.2. The fraction of sp³-hybridized carbons (Fsp3) is 0.386. The summed E-state index contributed by atoms with van der Waals surface area (Å²) in [5.74, 6) is -2.00. The molecule has 1 unspecified atom stereocenters. The fourth-order valence-corrected chi connectivity index (χ4v) is 7.54. The molecule has 6 N–H and O–H groups in total. The number of nitrogens with two attached hydrogens (primary N) is 1. The van der Waals surface area contributed by atoms with Gasteiger partial charge in [0.05, 0.1) is 18.5 Å². The number of hydrogen-bond acceptors (Lipinski definition) is 8. The van der Waals surface area contributed by atoms with Crippen LogP contribution in [0, 0.1) is 5.92 Å². The molecule has 3 aromatic carbocycles. The zero-order valence-corrected chi connectivity index (χ0v) is 34.8. The maximum Gasteiger partial charge on any atom is 0.312 e. The highest BCUT2D eigenvalue weighted by molar-refractivity contribution is 6.19. The van der Waals surface area contributed by atoms with Crippen molar-refractivity contribution in [2.24, 2.45) is 11.7 Å². The molecule has 3 atom stereocenters. The number of amides is 8. The van der Waals surface area contributed by atoms with E-state index in [0.717, 1.165) is 21.4 Å². The van der Waals surface area contributed by atoms with E-state index in [0.29, 0.717) is 48.3 Å². The van der Waals surface area contributed by atoms with E-state index in [1.807, 2.05) is 36.4 Å². The molecule has 0 saturated carbocycles. The highest BCUT2D eigenvalue weighted by Crippen LogP contribution is 2.45. The summed E-state index contributed by atoms with van der Waals surface area (Å²) in [5, 5.41) is 12.7. The molecule has 60 heavy (non-hydrogen) atoms. The summed E-state index contributed by atoms with van der Waals surface area (Å²) in [7, 11) is 1.58. The molecule has 2 heterocycles. The van der Waals surface area contributed by atoms with Crippen molar-refractivity contribution in [3.63, 3.8) is 0 Å².